The summed E-state index contributed by atoms with van der Waals surface area (Å²) in [6.07, 6.45) is 0. The van der Waals surface area contributed by atoms with Crippen LogP contribution in [0.3, 0.4) is 0 Å². The summed E-state index contributed by atoms with van der Waals surface area (Å²) in [6, 6.07) is 14.7. The molecule has 2 aromatic carbocycles. The summed E-state index contributed by atoms with van der Waals surface area (Å²) in [6.45, 7) is 3.73. The molecule has 2 heterocycles. The molecule has 1 N–H and O–H groups in total. The number of benzene rings is 2. The predicted octanol–water partition coefficient (Wildman–Crippen LogP) is 4.73. The molecule has 0 fully saturated rings. The predicted molar refractivity (Wildman–Crippen MR) is 105 cm³/mol. The van der Waals surface area contributed by atoms with E-state index in [0.29, 0.717) is 17.3 Å². The summed E-state index contributed by atoms with van der Waals surface area (Å²) in [5.74, 6) is 0.822. The van der Waals surface area contributed by atoms with Gasteiger partial charge in [0.15, 0.2) is 5.82 Å². The van der Waals surface area contributed by atoms with Crippen LogP contribution in [0, 0.1) is 13.8 Å². The number of amides is 1. The Morgan fingerprint density at radius 3 is 2.52 bits per heavy atom. The molecule has 7 heteroatoms. The molecular weight excluding hydrogens is 360 g/mol. The number of hydrogen-bond acceptors (Lipinski definition) is 6. The third kappa shape index (κ3) is 3.78. The van der Waals surface area contributed by atoms with Gasteiger partial charge in [-0.15, -0.1) is 11.3 Å². The zero-order valence-corrected chi connectivity index (χ0v) is 15.6. The molecule has 0 unspecified atom stereocenters. The molecule has 0 aliphatic heterocycles. The van der Waals surface area contributed by atoms with Gasteiger partial charge in [-0.2, -0.15) is 4.98 Å². The van der Waals surface area contributed by atoms with Gasteiger partial charge in [-0.05, 0) is 50.2 Å². The van der Waals surface area contributed by atoms with E-state index in [-0.39, 0.29) is 5.91 Å². The van der Waals surface area contributed by atoms with Crippen molar-refractivity contribution in [1.29, 1.82) is 0 Å². The number of carbonyl (C=O) groups excluding carboxylic acids is 1. The van der Waals surface area contributed by atoms with E-state index < -0.39 is 0 Å². The maximum Gasteiger partial charge on any atom is 0.257 e. The van der Waals surface area contributed by atoms with Crippen molar-refractivity contribution >= 4 is 22.9 Å². The molecule has 4 rings (SSSR count). The molecule has 0 saturated heterocycles. The second-order valence-electron chi connectivity index (χ2n) is 6.01. The minimum atomic E-state index is -0.185. The molecule has 134 valence electrons. The Morgan fingerprint density at radius 1 is 1.04 bits per heavy atom. The lowest BCUT2D eigenvalue weighted by atomic mass is 10.1. The van der Waals surface area contributed by atoms with Gasteiger partial charge in [-0.3, -0.25) is 4.79 Å². The molecule has 4 aromatic rings. The van der Waals surface area contributed by atoms with Gasteiger partial charge in [0.1, 0.15) is 0 Å². The summed E-state index contributed by atoms with van der Waals surface area (Å²) in [5.41, 5.74) is 3.92. The molecule has 0 atom stereocenters. The summed E-state index contributed by atoms with van der Waals surface area (Å²) in [4.78, 5) is 21.2. The van der Waals surface area contributed by atoms with Crippen molar-refractivity contribution in [3.63, 3.8) is 0 Å². The van der Waals surface area contributed by atoms with Crippen LogP contribution >= 0.6 is 11.3 Å². The Bertz CT molecular complexity index is 1100. The highest BCUT2D eigenvalue weighted by molar-refractivity contribution is 7.09. The molecule has 0 saturated carbocycles. The van der Waals surface area contributed by atoms with Crippen molar-refractivity contribution in [2.45, 2.75) is 13.8 Å². The summed E-state index contributed by atoms with van der Waals surface area (Å²) < 4.78 is 5.14. The van der Waals surface area contributed by atoms with Gasteiger partial charge in [-0.25, -0.2) is 4.98 Å². The third-order valence-corrected chi connectivity index (χ3v) is 4.73. The summed E-state index contributed by atoms with van der Waals surface area (Å²) in [5, 5.41) is 9.71. The molecule has 0 radical (unpaired) electrons. The number of anilines is 1. The average molecular weight is 376 g/mol. The van der Waals surface area contributed by atoms with Crippen LogP contribution in [0.2, 0.25) is 0 Å². The molecule has 6 nitrogen and oxygen atoms in total. The van der Waals surface area contributed by atoms with Gasteiger partial charge in [-0.1, -0.05) is 17.3 Å². The molecule has 27 heavy (non-hydrogen) atoms. The first-order valence-electron chi connectivity index (χ1n) is 8.33. The first-order valence-corrected chi connectivity index (χ1v) is 9.21. The van der Waals surface area contributed by atoms with E-state index in [1.54, 1.807) is 42.5 Å². The van der Waals surface area contributed by atoms with Crippen LogP contribution in [0.1, 0.15) is 21.2 Å². The first kappa shape index (κ1) is 17.1. The maximum absolute atomic E-state index is 12.5. The Labute approximate surface area is 159 Å². The third-order valence-electron chi connectivity index (χ3n) is 3.96. The van der Waals surface area contributed by atoms with Crippen molar-refractivity contribution < 1.29 is 9.32 Å². The van der Waals surface area contributed by atoms with Crippen LogP contribution in [0.5, 0.6) is 0 Å². The number of aromatic nitrogens is 3. The maximum atomic E-state index is 12.5. The average Bonchev–Trinajstić information content (AvgIpc) is 3.30. The number of rotatable bonds is 4. The second kappa shape index (κ2) is 7.13. The number of nitrogens with one attached hydrogen (secondary N) is 1. The molecule has 0 aliphatic rings. The normalized spacial score (nSPS) is 10.7. The fourth-order valence-corrected chi connectivity index (χ4v) is 3.26. The van der Waals surface area contributed by atoms with E-state index in [4.69, 9.17) is 4.52 Å². The van der Waals surface area contributed by atoms with Crippen LogP contribution in [0.15, 0.2) is 58.4 Å². The van der Waals surface area contributed by atoms with Crippen molar-refractivity contribution in [1.82, 2.24) is 15.1 Å². The number of nitrogens with zero attached hydrogens (tertiary/aromatic N) is 3. The molecule has 1 amide bonds. The molecule has 2 aromatic heterocycles. The smallest absolute Gasteiger partial charge is 0.257 e. The topological polar surface area (TPSA) is 80.9 Å². The molecule has 0 spiro atoms. The lowest BCUT2D eigenvalue weighted by molar-refractivity contribution is 0.102. The Balaban J connectivity index is 1.50. The highest BCUT2D eigenvalue weighted by atomic mass is 32.1. The zero-order valence-electron chi connectivity index (χ0n) is 14.8. The number of hydrogen-bond donors (Lipinski definition) is 1. The van der Waals surface area contributed by atoms with Crippen LogP contribution in [-0.2, 0) is 0 Å². The lowest BCUT2D eigenvalue weighted by Gasteiger charge is -2.07. The van der Waals surface area contributed by atoms with Crippen LogP contribution in [-0.4, -0.2) is 21.0 Å². The number of carbonyl (C=O) groups is 1. The highest BCUT2D eigenvalue weighted by Gasteiger charge is 2.10. The standard InChI is InChI=1S/C20H16N4O2S/c1-12-21-20(26-24-12)15-8-6-14(7-9-15)19(25)23-17-5-3-4-16(10-17)18-11-27-13(2)22-18/h3-11H,1-2H3,(H,23,25). The second-order valence-corrected chi connectivity index (χ2v) is 7.07. The monoisotopic (exact) mass is 376 g/mol. The van der Waals surface area contributed by atoms with E-state index in [2.05, 4.69) is 20.4 Å². The van der Waals surface area contributed by atoms with Crippen molar-refractivity contribution in [2.24, 2.45) is 0 Å². The van der Waals surface area contributed by atoms with Crippen LogP contribution in [0.4, 0.5) is 5.69 Å². The van der Waals surface area contributed by atoms with Gasteiger partial charge >= 0.3 is 0 Å². The zero-order chi connectivity index (χ0) is 18.8. The van der Waals surface area contributed by atoms with Gasteiger partial charge < -0.3 is 9.84 Å². The van der Waals surface area contributed by atoms with Crippen molar-refractivity contribution in [2.75, 3.05) is 5.32 Å². The fourth-order valence-electron chi connectivity index (χ4n) is 2.63. The van der Waals surface area contributed by atoms with E-state index >= 15 is 0 Å². The largest absolute Gasteiger partial charge is 0.334 e. The molecular formula is C20H16N4O2S. The van der Waals surface area contributed by atoms with E-state index in [1.807, 2.05) is 36.6 Å². The first-order chi connectivity index (χ1) is 13.1. The Morgan fingerprint density at radius 2 is 1.85 bits per heavy atom. The summed E-state index contributed by atoms with van der Waals surface area (Å²) >= 11 is 1.60. The van der Waals surface area contributed by atoms with Gasteiger partial charge in [0.25, 0.3) is 11.8 Å². The van der Waals surface area contributed by atoms with E-state index in [1.165, 1.54) is 0 Å². The Hall–Kier alpha value is -3.32. The fraction of sp³-hybridized carbons (Fsp3) is 0.100. The van der Waals surface area contributed by atoms with Gasteiger partial charge in [0, 0.05) is 27.8 Å². The van der Waals surface area contributed by atoms with Crippen molar-refractivity contribution in [3.05, 3.63) is 70.3 Å². The van der Waals surface area contributed by atoms with Crippen LogP contribution in [0.25, 0.3) is 22.7 Å². The van der Waals surface area contributed by atoms with E-state index in [0.717, 1.165) is 27.5 Å². The molecule has 0 bridgehead atoms. The number of aryl methyl sites for hydroxylation is 2. The minimum Gasteiger partial charge on any atom is -0.334 e. The number of thiazole rings is 1. The summed E-state index contributed by atoms with van der Waals surface area (Å²) in [7, 11) is 0. The quantitative estimate of drug-likeness (QED) is 0.557. The van der Waals surface area contributed by atoms with Gasteiger partial charge in [0.2, 0.25) is 0 Å². The molecule has 0 aliphatic carbocycles. The van der Waals surface area contributed by atoms with Gasteiger partial charge in [0.05, 0.1) is 10.7 Å². The SMILES string of the molecule is Cc1noc(-c2ccc(C(=O)Nc3cccc(-c4csc(C)n4)c3)cc2)n1. The lowest BCUT2D eigenvalue weighted by Crippen LogP contribution is -2.11. The van der Waals surface area contributed by atoms with Crippen molar-refractivity contribution in [3.8, 4) is 22.7 Å². The van der Waals surface area contributed by atoms with Crippen LogP contribution < -0.4 is 5.32 Å². The Kier molecular flexibility index (Phi) is 4.52. The minimum absolute atomic E-state index is 0.185. The van der Waals surface area contributed by atoms with E-state index in [9.17, 15) is 4.79 Å². The highest BCUT2D eigenvalue weighted by Crippen LogP contribution is 2.24.